The zero-order valence-electron chi connectivity index (χ0n) is 13.2. The highest BCUT2D eigenvalue weighted by atomic mass is 32.1. The molecule has 0 aliphatic heterocycles. The topological polar surface area (TPSA) is 58.2 Å². The molecule has 1 atom stereocenters. The van der Waals surface area contributed by atoms with Gasteiger partial charge in [0.15, 0.2) is 0 Å². The van der Waals surface area contributed by atoms with E-state index in [2.05, 4.69) is 10.6 Å². The van der Waals surface area contributed by atoms with Crippen molar-refractivity contribution in [3.8, 4) is 0 Å². The van der Waals surface area contributed by atoms with Crippen molar-refractivity contribution in [1.29, 1.82) is 0 Å². The van der Waals surface area contributed by atoms with E-state index in [9.17, 15) is 9.59 Å². The smallest absolute Gasteiger partial charge is 0.252 e. The van der Waals surface area contributed by atoms with Crippen molar-refractivity contribution in [3.05, 3.63) is 43.8 Å². The van der Waals surface area contributed by atoms with E-state index < -0.39 is 0 Å². The largest absolute Gasteiger partial charge is 0.350 e. The summed E-state index contributed by atoms with van der Waals surface area (Å²) in [6.07, 6.45) is 2.22. The van der Waals surface area contributed by atoms with E-state index in [1.54, 1.807) is 0 Å². The fourth-order valence-electron chi connectivity index (χ4n) is 2.56. The third-order valence-corrected chi connectivity index (χ3v) is 5.91. The van der Waals surface area contributed by atoms with E-state index in [-0.39, 0.29) is 17.9 Å². The van der Waals surface area contributed by atoms with Gasteiger partial charge in [0.1, 0.15) is 0 Å². The summed E-state index contributed by atoms with van der Waals surface area (Å²) in [6, 6.07) is 0.00434. The van der Waals surface area contributed by atoms with Crippen LogP contribution in [0.2, 0.25) is 0 Å². The average molecular weight is 348 g/mol. The second kappa shape index (κ2) is 6.84. The van der Waals surface area contributed by atoms with Crippen LogP contribution in [0.25, 0.3) is 0 Å². The van der Waals surface area contributed by atoms with Crippen molar-refractivity contribution in [2.45, 2.75) is 32.7 Å². The number of aryl methyl sites for hydroxylation is 2. The van der Waals surface area contributed by atoms with Gasteiger partial charge in [0, 0.05) is 23.3 Å². The highest BCUT2D eigenvalue weighted by Crippen LogP contribution is 2.32. The van der Waals surface area contributed by atoms with Crippen LogP contribution in [0.1, 0.15) is 44.7 Å². The van der Waals surface area contributed by atoms with Crippen molar-refractivity contribution in [1.82, 2.24) is 10.6 Å². The molecule has 2 N–H and O–H groups in total. The number of nitrogens with one attached hydrogen (secondary N) is 2. The molecule has 1 saturated carbocycles. The van der Waals surface area contributed by atoms with E-state index in [1.807, 2.05) is 35.4 Å². The van der Waals surface area contributed by atoms with Gasteiger partial charge in [-0.05, 0) is 54.5 Å². The summed E-state index contributed by atoms with van der Waals surface area (Å²) in [4.78, 5) is 24.6. The Bertz CT molecular complexity index is 716. The standard InChI is InChI=1S/C17H20N2O2S2/c1-10-6-22-8-13(10)16(20)18-5-15(12-3-4-12)19-17(21)14-9-23-7-11(14)2/h6-9,12,15H,3-5H2,1-2H3,(H,18,20)(H,19,21)/t15-/m1/s1. The maximum absolute atomic E-state index is 12.4. The van der Waals surface area contributed by atoms with E-state index in [0.717, 1.165) is 35.1 Å². The first kappa shape index (κ1) is 16.2. The molecule has 0 saturated heterocycles. The molecule has 2 aromatic heterocycles. The van der Waals surface area contributed by atoms with E-state index in [1.165, 1.54) is 22.7 Å². The molecule has 1 aliphatic carbocycles. The minimum Gasteiger partial charge on any atom is -0.350 e. The van der Waals surface area contributed by atoms with Crippen LogP contribution in [-0.4, -0.2) is 24.4 Å². The molecule has 122 valence electrons. The Morgan fingerprint density at radius 3 is 2.09 bits per heavy atom. The van der Waals surface area contributed by atoms with Crippen molar-refractivity contribution >= 4 is 34.5 Å². The Morgan fingerprint density at radius 1 is 1.04 bits per heavy atom. The minimum atomic E-state index is -0.0598. The molecule has 6 heteroatoms. The molecule has 2 aromatic rings. The monoisotopic (exact) mass is 348 g/mol. The summed E-state index contributed by atoms with van der Waals surface area (Å²) >= 11 is 3.06. The fourth-order valence-corrected chi connectivity index (χ4v) is 4.22. The first-order valence-electron chi connectivity index (χ1n) is 7.71. The second-order valence-electron chi connectivity index (χ2n) is 6.06. The number of hydrogen-bond donors (Lipinski definition) is 2. The lowest BCUT2D eigenvalue weighted by Gasteiger charge is -2.19. The van der Waals surface area contributed by atoms with E-state index in [0.29, 0.717) is 12.5 Å². The molecule has 2 heterocycles. The molecule has 0 radical (unpaired) electrons. The molecule has 1 fully saturated rings. The number of hydrogen-bond acceptors (Lipinski definition) is 4. The summed E-state index contributed by atoms with van der Waals surface area (Å²) in [6.45, 7) is 4.36. The van der Waals surface area contributed by atoms with Crippen LogP contribution in [0.3, 0.4) is 0 Å². The first-order chi connectivity index (χ1) is 11.1. The lowest BCUT2D eigenvalue weighted by molar-refractivity contribution is 0.0903. The van der Waals surface area contributed by atoms with Gasteiger partial charge in [0.25, 0.3) is 11.8 Å². The normalized spacial score (nSPS) is 15.2. The third kappa shape index (κ3) is 3.82. The van der Waals surface area contributed by atoms with Crippen LogP contribution in [0, 0.1) is 19.8 Å². The predicted molar refractivity (Wildman–Crippen MR) is 94.4 cm³/mol. The van der Waals surface area contributed by atoms with Gasteiger partial charge in [-0.1, -0.05) is 0 Å². The molecule has 2 amide bonds. The van der Waals surface area contributed by atoms with E-state index in [4.69, 9.17) is 0 Å². The minimum absolute atomic E-state index is 0.00434. The average Bonchev–Trinajstić information content (AvgIpc) is 3.14. The van der Waals surface area contributed by atoms with Gasteiger partial charge in [-0.2, -0.15) is 22.7 Å². The number of carbonyl (C=O) groups excluding carboxylic acids is 2. The van der Waals surface area contributed by atoms with Crippen molar-refractivity contribution in [3.63, 3.8) is 0 Å². The fraction of sp³-hybridized carbons (Fsp3) is 0.412. The third-order valence-electron chi connectivity index (χ3n) is 4.19. The summed E-state index contributed by atoms with van der Waals surface area (Å²) in [5.41, 5.74) is 3.46. The quantitative estimate of drug-likeness (QED) is 0.841. The van der Waals surface area contributed by atoms with Crippen LogP contribution in [0.4, 0.5) is 0 Å². The first-order valence-corrected chi connectivity index (χ1v) is 9.59. The molecular formula is C17H20N2O2S2. The number of thiophene rings is 2. The number of carbonyl (C=O) groups is 2. The zero-order valence-corrected chi connectivity index (χ0v) is 14.9. The SMILES string of the molecule is Cc1cscc1C(=O)NC[C@@H](NC(=O)c1cscc1C)C1CC1. The summed E-state index contributed by atoms with van der Waals surface area (Å²) in [5.74, 6) is 0.374. The Hall–Kier alpha value is -1.66. The molecule has 0 bridgehead atoms. The lowest BCUT2D eigenvalue weighted by atomic mass is 10.1. The van der Waals surface area contributed by atoms with Crippen molar-refractivity contribution < 1.29 is 9.59 Å². The molecule has 3 rings (SSSR count). The molecule has 1 aliphatic rings. The Balaban J connectivity index is 1.59. The molecule has 0 aromatic carbocycles. The highest BCUT2D eigenvalue weighted by molar-refractivity contribution is 7.08. The van der Waals surface area contributed by atoms with E-state index >= 15 is 0 Å². The van der Waals surface area contributed by atoms with Crippen molar-refractivity contribution in [2.75, 3.05) is 6.54 Å². The van der Waals surface area contributed by atoms with Gasteiger partial charge in [-0.25, -0.2) is 0 Å². The van der Waals surface area contributed by atoms with Crippen LogP contribution in [0.15, 0.2) is 21.5 Å². The maximum Gasteiger partial charge on any atom is 0.252 e. The summed E-state index contributed by atoms with van der Waals surface area (Å²) < 4.78 is 0. The van der Waals surface area contributed by atoms with Gasteiger partial charge in [0.05, 0.1) is 11.1 Å². The van der Waals surface area contributed by atoms with Crippen molar-refractivity contribution in [2.24, 2.45) is 5.92 Å². The van der Waals surface area contributed by atoms with Crippen LogP contribution < -0.4 is 10.6 Å². The molecule has 4 nitrogen and oxygen atoms in total. The van der Waals surface area contributed by atoms with Gasteiger partial charge < -0.3 is 10.6 Å². The summed E-state index contributed by atoms with van der Waals surface area (Å²) in [7, 11) is 0. The zero-order chi connectivity index (χ0) is 16.4. The predicted octanol–water partition coefficient (Wildman–Crippen LogP) is 3.36. The van der Waals surface area contributed by atoms with Gasteiger partial charge >= 0.3 is 0 Å². The Morgan fingerprint density at radius 2 is 1.61 bits per heavy atom. The number of rotatable bonds is 6. The van der Waals surface area contributed by atoms with Crippen LogP contribution in [-0.2, 0) is 0 Å². The van der Waals surface area contributed by atoms with Crippen LogP contribution >= 0.6 is 22.7 Å². The Kier molecular flexibility index (Phi) is 4.82. The van der Waals surface area contributed by atoms with Gasteiger partial charge in [-0.3, -0.25) is 9.59 Å². The van der Waals surface area contributed by atoms with Crippen LogP contribution in [0.5, 0.6) is 0 Å². The maximum atomic E-state index is 12.4. The second-order valence-corrected chi connectivity index (χ2v) is 7.55. The molecule has 23 heavy (non-hydrogen) atoms. The van der Waals surface area contributed by atoms with Gasteiger partial charge in [0.2, 0.25) is 0 Å². The summed E-state index contributed by atoms with van der Waals surface area (Å²) in [5, 5.41) is 13.7. The highest BCUT2D eigenvalue weighted by Gasteiger charge is 2.33. The van der Waals surface area contributed by atoms with Gasteiger partial charge in [-0.15, -0.1) is 0 Å². The lowest BCUT2D eigenvalue weighted by Crippen LogP contribution is -2.45. The Labute approximate surface area is 143 Å². The molecule has 0 unspecified atom stereocenters. The molecule has 0 spiro atoms. The number of amides is 2. The molecular weight excluding hydrogens is 328 g/mol.